The lowest BCUT2D eigenvalue weighted by Crippen LogP contribution is -2.43. The maximum Gasteiger partial charge on any atom is 0.246 e. The minimum atomic E-state index is -3.52. The van der Waals surface area contributed by atoms with Crippen molar-refractivity contribution in [2.45, 2.75) is 50.0 Å². The molecule has 0 aliphatic carbocycles. The van der Waals surface area contributed by atoms with Gasteiger partial charge in [0.2, 0.25) is 10.0 Å². The van der Waals surface area contributed by atoms with Crippen molar-refractivity contribution in [3.63, 3.8) is 0 Å². The van der Waals surface area contributed by atoms with Crippen molar-refractivity contribution in [1.29, 1.82) is 0 Å². The van der Waals surface area contributed by atoms with Gasteiger partial charge in [-0.25, -0.2) is 8.42 Å². The first-order chi connectivity index (χ1) is 9.07. The van der Waals surface area contributed by atoms with Crippen molar-refractivity contribution >= 4 is 15.7 Å². The first-order valence-corrected chi connectivity index (χ1v) is 8.22. The molecule has 2 N–H and O–H groups in total. The molecule has 106 valence electrons. The number of nitrogens with two attached hydrogens (primary N) is 1. The second kappa shape index (κ2) is 5.88. The van der Waals surface area contributed by atoms with Gasteiger partial charge in [0.05, 0.1) is 5.69 Å². The predicted octanol–water partition coefficient (Wildman–Crippen LogP) is 2.01. The van der Waals surface area contributed by atoms with Gasteiger partial charge in [-0.15, -0.1) is 0 Å². The molecule has 1 saturated heterocycles. The number of hydrogen-bond donors (Lipinski definition) is 1. The summed E-state index contributed by atoms with van der Waals surface area (Å²) in [5.74, 6) is 0. The quantitative estimate of drug-likeness (QED) is 0.917. The summed E-state index contributed by atoms with van der Waals surface area (Å²) < 4.78 is 27.0. The highest BCUT2D eigenvalue weighted by Crippen LogP contribution is 2.29. The molecule has 6 heteroatoms. The van der Waals surface area contributed by atoms with Crippen molar-refractivity contribution in [2.75, 3.05) is 12.3 Å². The van der Waals surface area contributed by atoms with Crippen LogP contribution in [-0.2, 0) is 10.0 Å². The molecule has 1 aliphatic rings. The number of nitrogen functional groups attached to an aromatic ring is 1. The van der Waals surface area contributed by atoms with E-state index in [0.29, 0.717) is 6.54 Å². The van der Waals surface area contributed by atoms with E-state index in [1.165, 1.54) is 18.5 Å². The molecule has 1 atom stereocenters. The summed E-state index contributed by atoms with van der Waals surface area (Å²) in [6.45, 7) is 2.67. The van der Waals surface area contributed by atoms with Gasteiger partial charge in [0.1, 0.15) is 4.90 Å². The minimum absolute atomic E-state index is 0.100. The Morgan fingerprint density at radius 2 is 2.26 bits per heavy atom. The maximum absolute atomic E-state index is 12.7. The third-order valence-corrected chi connectivity index (χ3v) is 5.59. The Bertz CT molecular complexity index is 528. The van der Waals surface area contributed by atoms with Gasteiger partial charge in [-0.3, -0.25) is 4.98 Å². The fourth-order valence-electron chi connectivity index (χ4n) is 2.64. The molecule has 1 aromatic rings. The zero-order valence-electron chi connectivity index (χ0n) is 11.2. The Morgan fingerprint density at radius 3 is 2.95 bits per heavy atom. The number of aromatic nitrogens is 1. The highest BCUT2D eigenvalue weighted by Gasteiger charge is 2.34. The molecule has 19 heavy (non-hydrogen) atoms. The molecule has 2 rings (SSSR count). The van der Waals surface area contributed by atoms with Crippen molar-refractivity contribution in [3.8, 4) is 0 Å². The second-order valence-corrected chi connectivity index (χ2v) is 6.83. The van der Waals surface area contributed by atoms with E-state index < -0.39 is 10.0 Å². The fourth-order valence-corrected chi connectivity index (χ4v) is 4.43. The highest BCUT2D eigenvalue weighted by molar-refractivity contribution is 7.89. The third kappa shape index (κ3) is 2.90. The lowest BCUT2D eigenvalue weighted by Gasteiger charge is -2.34. The van der Waals surface area contributed by atoms with E-state index in [0.717, 1.165) is 32.1 Å². The molecule has 0 radical (unpaired) electrons. The Labute approximate surface area is 114 Å². The fraction of sp³-hybridized carbons (Fsp3) is 0.615. The number of nitrogens with zero attached hydrogens (tertiary/aromatic N) is 2. The summed E-state index contributed by atoms with van der Waals surface area (Å²) in [4.78, 5) is 4.03. The van der Waals surface area contributed by atoms with Crippen molar-refractivity contribution in [3.05, 3.63) is 18.5 Å². The minimum Gasteiger partial charge on any atom is -0.398 e. The zero-order valence-corrected chi connectivity index (χ0v) is 12.1. The van der Waals surface area contributed by atoms with Crippen LogP contribution in [0.5, 0.6) is 0 Å². The number of anilines is 1. The summed E-state index contributed by atoms with van der Waals surface area (Å²) in [5.41, 5.74) is 6.06. The molecule has 1 aromatic heterocycles. The monoisotopic (exact) mass is 283 g/mol. The summed E-state index contributed by atoms with van der Waals surface area (Å²) in [5, 5.41) is 0. The van der Waals surface area contributed by atoms with Gasteiger partial charge in [0.15, 0.2) is 0 Å². The molecule has 0 bridgehead atoms. The van der Waals surface area contributed by atoms with Crippen molar-refractivity contribution < 1.29 is 8.42 Å². The molecule has 0 amide bonds. The van der Waals surface area contributed by atoms with Crippen LogP contribution in [0.25, 0.3) is 0 Å². The average molecular weight is 283 g/mol. The Kier molecular flexibility index (Phi) is 4.42. The molecule has 1 aliphatic heterocycles. The SMILES string of the molecule is CCCC1CCCCN1S(=O)(=O)c1cnccc1N. The van der Waals surface area contributed by atoms with E-state index in [-0.39, 0.29) is 16.6 Å². The molecule has 0 aromatic carbocycles. The van der Waals surface area contributed by atoms with E-state index in [2.05, 4.69) is 11.9 Å². The number of piperidine rings is 1. The van der Waals surface area contributed by atoms with Crippen LogP contribution >= 0.6 is 0 Å². The number of sulfonamides is 1. The molecule has 1 unspecified atom stereocenters. The molecule has 5 nitrogen and oxygen atoms in total. The van der Waals surface area contributed by atoms with Crippen LogP contribution in [0, 0.1) is 0 Å². The first-order valence-electron chi connectivity index (χ1n) is 6.78. The van der Waals surface area contributed by atoms with Gasteiger partial charge in [0, 0.05) is 25.0 Å². The van der Waals surface area contributed by atoms with E-state index >= 15 is 0 Å². The Morgan fingerprint density at radius 1 is 1.47 bits per heavy atom. The number of pyridine rings is 1. The smallest absolute Gasteiger partial charge is 0.246 e. The van der Waals surface area contributed by atoms with Crippen molar-refractivity contribution in [2.24, 2.45) is 0 Å². The summed E-state index contributed by atoms with van der Waals surface area (Å²) in [7, 11) is -3.52. The molecular weight excluding hydrogens is 262 g/mol. The average Bonchev–Trinajstić information content (AvgIpc) is 2.40. The topological polar surface area (TPSA) is 76.3 Å². The van der Waals surface area contributed by atoms with Gasteiger partial charge in [-0.2, -0.15) is 4.31 Å². The van der Waals surface area contributed by atoms with Crippen LogP contribution in [0.3, 0.4) is 0 Å². The van der Waals surface area contributed by atoms with E-state index in [4.69, 9.17) is 5.73 Å². The summed E-state index contributed by atoms with van der Waals surface area (Å²) in [6, 6.07) is 1.63. The number of hydrogen-bond acceptors (Lipinski definition) is 4. The predicted molar refractivity (Wildman–Crippen MR) is 75.1 cm³/mol. The van der Waals surface area contributed by atoms with Crippen LogP contribution in [0.1, 0.15) is 39.0 Å². The molecule has 0 saturated carbocycles. The zero-order chi connectivity index (χ0) is 13.9. The van der Waals surface area contributed by atoms with Crippen LogP contribution in [0.2, 0.25) is 0 Å². The maximum atomic E-state index is 12.7. The standard InChI is InChI=1S/C13H21N3O2S/c1-2-5-11-6-3-4-9-16(11)19(17,18)13-10-15-8-7-12(13)14/h7-8,10-11H,2-6,9H2,1H3,(H2,14,15). The van der Waals surface area contributed by atoms with E-state index in [1.54, 1.807) is 4.31 Å². The van der Waals surface area contributed by atoms with Crippen LogP contribution < -0.4 is 5.73 Å². The number of rotatable bonds is 4. The largest absolute Gasteiger partial charge is 0.398 e. The normalized spacial score (nSPS) is 21.4. The molecule has 1 fully saturated rings. The molecule has 2 heterocycles. The first kappa shape index (κ1) is 14.3. The van der Waals surface area contributed by atoms with Gasteiger partial charge in [-0.05, 0) is 25.3 Å². The van der Waals surface area contributed by atoms with Gasteiger partial charge in [-0.1, -0.05) is 19.8 Å². The molecule has 0 spiro atoms. The summed E-state index contributed by atoms with van der Waals surface area (Å²) in [6.07, 6.45) is 7.70. The van der Waals surface area contributed by atoms with Crippen molar-refractivity contribution in [1.82, 2.24) is 9.29 Å². The highest BCUT2D eigenvalue weighted by atomic mass is 32.2. The van der Waals surface area contributed by atoms with Gasteiger partial charge in [0.25, 0.3) is 0 Å². The summed E-state index contributed by atoms with van der Waals surface area (Å²) >= 11 is 0. The Hall–Kier alpha value is -1.14. The lowest BCUT2D eigenvalue weighted by atomic mass is 10.0. The third-order valence-electron chi connectivity index (χ3n) is 3.60. The second-order valence-electron chi connectivity index (χ2n) is 4.97. The van der Waals surface area contributed by atoms with Gasteiger partial charge < -0.3 is 5.73 Å². The lowest BCUT2D eigenvalue weighted by molar-refractivity contribution is 0.239. The van der Waals surface area contributed by atoms with E-state index in [9.17, 15) is 8.42 Å². The van der Waals surface area contributed by atoms with Crippen LogP contribution in [-0.4, -0.2) is 30.3 Å². The van der Waals surface area contributed by atoms with Crippen LogP contribution in [0.15, 0.2) is 23.4 Å². The Balaban J connectivity index is 2.35. The molecular formula is C13H21N3O2S. The van der Waals surface area contributed by atoms with E-state index in [1.807, 2.05) is 0 Å². The van der Waals surface area contributed by atoms with Gasteiger partial charge >= 0.3 is 0 Å². The van der Waals surface area contributed by atoms with Crippen LogP contribution in [0.4, 0.5) is 5.69 Å².